The van der Waals surface area contributed by atoms with Crippen LogP contribution in [0.15, 0.2) is 24.8 Å². The van der Waals surface area contributed by atoms with Crippen molar-refractivity contribution in [2.24, 2.45) is 5.92 Å². The van der Waals surface area contributed by atoms with Crippen molar-refractivity contribution in [2.45, 2.75) is 37.1 Å². The van der Waals surface area contributed by atoms with Gasteiger partial charge in [-0.2, -0.15) is 5.10 Å². The third-order valence-corrected chi connectivity index (χ3v) is 5.07. The van der Waals surface area contributed by atoms with Crippen molar-refractivity contribution in [1.82, 2.24) is 19.7 Å². The summed E-state index contributed by atoms with van der Waals surface area (Å²) in [6, 6.07) is 1.59. The lowest BCUT2D eigenvalue weighted by molar-refractivity contribution is -0.140. The molecule has 0 amide bonds. The molecule has 151 valence electrons. The zero-order chi connectivity index (χ0) is 20.4. The predicted molar refractivity (Wildman–Crippen MR) is 103 cm³/mol. The third-order valence-electron chi connectivity index (χ3n) is 5.07. The SMILES string of the molecule is [CH2][C@@H]1C[C@@H](Nc2ncncc2C(=O)c2ccn(CC#CC3(O)COC3)n2)C[C@@H]1O. The van der Waals surface area contributed by atoms with Crippen LogP contribution >= 0.6 is 0 Å². The standard InChI is InChI=1S/C20H22N5O4/c1-13-7-14(8-17(13)26)23-19-15(9-21-12-22-19)18(27)16-3-6-25(24-16)5-2-4-20(28)10-29-11-20/h3,6,9,12-14,17,26,28H,1,5,7-8,10-11H2,(H,21,22,23)/t13-,14-,17+/m1/s1. The molecule has 4 rings (SSSR count). The lowest BCUT2D eigenvalue weighted by atomic mass is 10.0. The highest BCUT2D eigenvalue weighted by atomic mass is 16.5. The largest absolute Gasteiger partial charge is 0.393 e. The molecule has 2 fully saturated rings. The quantitative estimate of drug-likeness (QED) is 0.479. The molecule has 1 aliphatic heterocycles. The lowest BCUT2D eigenvalue weighted by Gasteiger charge is -2.30. The number of nitrogens with zero attached hydrogens (tertiary/aromatic N) is 4. The number of anilines is 1. The van der Waals surface area contributed by atoms with Crippen molar-refractivity contribution in [3.63, 3.8) is 0 Å². The van der Waals surface area contributed by atoms with E-state index in [0.29, 0.717) is 24.2 Å². The van der Waals surface area contributed by atoms with Crippen molar-refractivity contribution in [3.8, 4) is 11.8 Å². The molecular formula is C20H22N5O4. The molecule has 29 heavy (non-hydrogen) atoms. The summed E-state index contributed by atoms with van der Waals surface area (Å²) in [5, 5.41) is 27.3. The first-order valence-electron chi connectivity index (χ1n) is 9.39. The van der Waals surface area contributed by atoms with Crippen molar-refractivity contribution in [2.75, 3.05) is 18.5 Å². The van der Waals surface area contributed by atoms with Gasteiger partial charge < -0.3 is 20.3 Å². The van der Waals surface area contributed by atoms with Crippen molar-refractivity contribution in [1.29, 1.82) is 0 Å². The highest BCUT2D eigenvalue weighted by Crippen LogP contribution is 2.28. The molecular weight excluding hydrogens is 374 g/mol. The number of hydrogen-bond acceptors (Lipinski definition) is 8. The highest BCUT2D eigenvalue weighted by molar-refractivity contribution is 6.10. The number of carbonyl (C=O) groups is 1. The maximum absolute atomic E-state index is 12.9. The molecule has 3 N–H and O–H groups in total. The minimum atomic E-state index is -1.07. The van der Waals surface area contributed by atoms with E-state index in [1.165, 1.54) is 17.2 Å². The van der Waals surface area contributed by atoms with Gasteiger partial charge in [-0.15, -0.1) is 0 Å². The van der Waals surface area contributed by atoms with Gasteiger partial charge in [0.1, 0.15) is 24.4 Å². The van der Waals surface area contributed by atoms with Gasteiger partial charge in [0.25, 0.3) is 0 Å². The second kappa shape index (κ2) is 7.91. The summed E-state index contributed by atoms with van der Waals surface area (Å²) < 4.78 is 6.47. The van der Waals surface area contributed by atoms with E-state index in [9.17, 15) is 15.0 Å². The van der Waals surface area contributed by atoms with Gasteiger partial charge in [-0.05, 0) is 31.7 Å². The summed E-state index contributed by atoms with van der Waals surface area (Å²) >= 11 is 0. The second-order valence-electron chi connectivity index (χ2n) is 7.48. The minimum absolute atomic E-state index is 0.0110. The van der Waals surface area contributed by atoms with Crippen LogP contribution in [0.5, 0.6) is 0 Å². The fourth-order valence-corrected chi connectivity index (χ4v) is 3.39. The molecule has 1 saturated carbocycles. The highest BCUT2D eigenvalue weighted by Gasteiger charge is 2.34. The van der Waals surface area contributed by atoms with Gasteiger partial charge >= 0.3 is 0 Å². The van der Waals surface area contributed by atoms with E-state index >= 15 is 0 Å². The number of nitrogens with one attached hydrogen (secondary N) is 1. The van der Waals surface area contributed by atoms with Gasteiger partial charge in [-0.1, -0.05) is 11.8 Å². The topological polar surface area (TPSA) is 122 Å². The molecule has 2 aromatic rings. The van der Waals surface area contributed by atoms with Crippen LogP contribution in [-0.4, -0.2) is 66.7 Å². The number of rotatable bonds is 5. The molecule has 3 atom stereocenters. The van der Waals surface area contributed by atoms with E-state index in [2.05, 4.69) is 39.1 Å². The number of aromatic nitrogens is 4. The first-order chi connectivity index (χ1) is 13.9. The second-order valence-corrected chi connectivity index (χ2v) is 7.48. The molecule has 9 heteroatoms. The van der Waals surface area contributed by atoms with Gasteiger partial charge in [0.15, 0.2) is 5.60 Å². The van der Waals surface area contributed by atoms with Crippen LogP contribution in [-0.2, 0) is 11.3 Å². The number of ether oxygens (including phenoxy) is 1. The van der Waals surface area contributed by atoms with Crippen LogP contribution in [0.4, 0.5) is 5.82 Å². The Balaban J connectivity index is 1.45. The molecule has 0 bridgehead atoms. The molecule has 2 aromatic heterocycles. The Kier molecular flexibility index (Phi) is 5.32. The van der Waals surface area contributed by atoms with Crippen LogP contribution in [0.3, 0.4) is 0 Å². The smallest absolute Gasteiger partial charge is 0.218 e. The summed E-state index contributed by atoms with van der Waals surface area (Å²) in [7, 11) is 0. The Morgan fingerprint density at radius 1 is 1.45 bits per heavy atom. The predicted octanol–water partition coefficient (Wildman–Crippen LogP) is 0.0543. The summed E-state index contributed by atoms with van der Waals surface area (Å²) in [5.74, 6) is 5.66. The van der Waals surface area contributed by atoms with Gasteiger partial charge in [0.2, 0.25) is 5.78 Å². The molecule has 9 nitrogen and oxygen atoms in total. The molecule has 3 heterocycles. The Morgan fingerprint density at radius 2 is 2.28 bits per heavy atom. The zero-order valence-electron chi connectivity index (χ0n) is 15.8. The Morgan fingerprint density at radius 3 is 2.97 bits per heavy atom. The van der Waals surface area contributed by atoms with Crippen molar-refractivity contribution >= 4 is 11.6 Å². The Bertz CT molecular complexity index is 949. The Labute approximate surface area is 168 Å². The van der Waals surface area contributed by atoms with Crippen LogP contribution in [0, 0.1) is 24.7 Å². The minimum Gasteiger partial charge on any atom is -0.393 e. The molecule has 0 unspecified atom stereocenters. The fourth-order valence-electron chi connectivity index (χ4n) is 3.39. The van der Waals surface area contributed by atoms with Crippen LogP contribution < -0.4 is 5.32 Å². The molecule has 2 aliphatic rings. The van der Waals surface area contributed by atoms with Crippen molar-refractivity contribution in [3.05, 3.63) is 43.0 Å². The average Bonchev–Trinajstić information content (AvgIpc) is 3.27. The molecule has 1 saturated heterocycles. The van der Waals surface area contributed by atoms with Crippen LogP contribution in [0.1, 0.15) is 28.9 Å². The van der Waals surface area contributed by atoms with E-state index in [0.717, 1.165) is 0 Å². The number of carbonyl (C=O) groups excluding carboxylic acids is 1. The Hall–Kier alpha value is -2.80. The first kappa shape index (κ1) is 19.5. The van der Waals surface area contributed by atoms with E-state index in [4.69, 9.17) is 4.74 Å². The number of aliphatic hydroxyl groups excluding tert-OH is 1. The molecule has 1 radical (unpaired) electrons. The number of ketones is 1. The summed E-state index contributed by atoms with van der Waals surface area (Å²) in [4.78, 5) is 21.1. The monoisotopic (exact) mass is 396 g/mol. The maximum Gasteiger partial charge on any atom is 0.218 e. The summed E-state index contributed by atoms with van der Waals surface area (Å²) in [6.07, 6.45) is 5.26. The number of aliphatic hydroxyl groups is 2. The number of hydrogen-bond donors (Lipinski definition) is 3. The molecule has 0 aromatic carbocycles. The van der Waals surface area contributed by atoms with Gasteiger partial charge in [-0.3, -0.25) is 9.48 Å². The zero-order valence-corrected chi connectivity index (χ0v) is 15.8. The van der Waals surface area contributed by atoms with E-state index in [1.54, 1.807) is 12.3 Å². The van der Waals surface area contributed by atoms with Crippen LogP contribution in [0.2, 0.25) is 0 Å². The molecule has 0 spiro atoms. The van der Waals surface area contributed by atoms with Crippen molar-refractivity contribution < 1.29 is 19.7 Å². The van der Waals surface area contributed by atoms with E-state index in [-0.39, 0.29) is 43.2 Å². The van der Waals surface area contributed by atoms with Gasteiger partial charge in [0, 0.05) is 18.4 Å². The first-order valence-corrected chi connectivity index (χ1v) is 9.39. The third kappa shape index (κ3) is 4.29. The molecule has 1 aliphatic carbocycles. The normalized spacial score (nSPS) is 25.0. The van der Waals surface area contributed by atoms with Gasteiger partial charge in [0.05, 0.1) is 24.9 Å². The lowest BCUT2D eigenvalue weighted by Crippen LogP contribution is -2.48. The average molecular weight is 396 g/mol. The maximum atomic E-state index is 12.9. The fraction of sp³-hybridized carbons (Fsp3) is 0.450. The van der Waals surface area contributed by atoms with E-state index < -0.39 is 11.7 Å². The van der Waals surface area contributed by atoms with Gasteiger partial charge in [-0.25, -0.2) is 9.97 Å². The summed E-state index contributed by atoms with van der Waals surface area (Å²) in [5.41, 5.74) is -0.516. The van der Waals surface area contributed by atoms with Crippen LogP contribution in [0.25, 0.3) is 0 Å². The van der Waals surface area contributed by atoms with E-state index in [1.807, 2.05) is 0 Å². The summed E-state index contributed by atoms with van der Waals surface area (Å²) in [6.45, 7) is 4.59.